The van der Waals surface area contributed by atoms with Crippen LogP contribution < -0.4 is 10.1 Å². The number of aryl methyl sites for hydroxylation is 1. The van der Waals surface area contributed by atoms with E-state index in [1.54, 1.807) is 24.3 Å². The van der Waals surface area contributed by atoms with E-state index in [-0.39, 0.29) is 19.0 Å². The fourth-order valence-electron chi connectivity index (χ4n) is 3.11. The van der Waals surface area contributed by atoms with Crippen LogP contribution in [0.3, 0.4) is 0 Å². The highest BCUT2D eigenvalue weighted by Gasteiger charge is 2.10. The maximum Gasteiger partial charge on any atom is 0.158 e. The first-order valence-electron chi connectivity index (χ1n) is 9.49. The van der Waals surface area contributed by atoms with Crippen LogP contribution in [-0.2, 0) is 13.0 Å². The van der Waals surface area contributed by atoms with E-state index < -0.39 is 0 Å². The number of hydrogen-bond acceptors (Lipinski definition) is 5. The van der Waals surface area contributed by atoms with E-state index in [9.17, 15) is 4.39 Å². The summed E-state index contributed by atoms with van der Waals surface area (Å²) < 4.78 is 19.0. The Labute approximate surface area is 177 Å². The number of benzene rings is 2. The molecule has 4 aromatic rings. The largest absolute Gasteiger partial charge is 0.487 e. The zero-order chi connectivity index (χ0) is 20.9. The predicted molar refractivity (Wildman–Crippen MR) is 115 cm³/mol. The molecule has 30 heavy (non-hydrogen) atoms. The van der Waals surface area contributed by atoms with E-state index >= 15 is 0 Å². The van der Waals surface area contributed by atoms with Gasteiger partial charge >= 0.3 is 0 Å². The van der Waals surface area contributed by atoms with Gasteiger partial charge in [0.15, 0.2) is 5.82 Å². The molecule has 0 aliphatic carbocycles. The van der Waals surface area contributed by atoms with Gasteiger partial charge in [0, 0.05) is 18.0 Å². The molecule has 2 heterocycles. The molecule has 0 atom stereocenters. The van der Waals surface area contributed by atoms with Crippen LogP contribution in [-0.4, -0.2) is 26.7 Å². The summed E-state index contributed by atoms with van der Waals surface area (Å²) in [6.07, 6.45) is 2.90. The average Bonchev–Trinajstić information content (AvgIpc) is 3.16. The van der Waals surface area contributed by atoms with Crippen molar-refractivity contribution in [2.45, 2.75) is 19.4 Å². The summed E-state index contributed by atoms with van der Waals surface area (Å²) in [7, 11) is 0. The number of ether oxygens (including phenoxy) is 1. The zero-order valence-electron chi connectivity index (χ0n) is 16.0. The first-order valence-corrected chi connectivity index (χ1v) is 9.87. The van der Waals surface area contributed by atoms with E-state index in [0.717, 1.165) is 34.4 Å². The van der Waals surface area contributed by atoms with Gasteiger partial charge in [-0.3, -0.25) is 0 Å². The Kier molecular flexibility index (Phi) is 6.11. The van der Waals surface area contributed by atoms with Crippen LogP contribution in [0.2, 0.25) is 5.02 Å². The van der Waals surface area contributed by atoms with Gasteiger partial charge in [0.2, 0.25) is 0 Å². The summed E-state index contributed by atoms with van der Waals surface area (Å²) in [5.74, 6) is 0.826. The number of rotatable bonds is 8. The highest BCUT2D eigenvalue weighted by atomic mass is 35.5. The van der Waals surface area contributed by atoms with Gasteiger partial charge in [-0.25, -0.2) is 14.4 Å². The maximum absolute atomic E-state index is 13.3. The van der Waals surface area contributed by atoms with E-state index in [4.69, 9.17) is 21.4 Å². The lowest BCUT2D eigenvalue weighted by atomic mass is 10.2. The third-order valence-corrected chi connectivity index (χ3v) is 4.85. The van der Waals surface area contributed by atoms with Crippen molar-refractivity contribution in [2.75, 3.05) is 11.9 Å². The number of hydrogen-bond donors (Lipinski definition) is 3. The highest BCUT2D eigenvalue weighted by Crippen LogP contribution is 2.31. The predicted octanol–water partition coefficient (Wildman–Crippen LogP) is 5.00. The number of aliphatic hydroxyl groups excluding tert-OH is 1. The van der Waals surface area contributed by atoms with Crippen LogP contribution in [0.25, 0.3) is 11.0 Å². The molecule has 0 radical (unpaired) electrons. The summed E-state index contributed by atoms with van der Waals surface area (Å²) in [4.78, 5) is 11.9. The molecule has 2 aromatic carbocycles. The van der Waals surface area contributed by atoms with Gasteiger partial charge in [0.25, 0.3) is 0 Å². The van der Waals surface area contributed by atoms with Crippen molar-refractivity contribution in [3.63, 3.8) is 0 Å². The Morgan fingerprint density at radius 3 is 2.83 bits per heavy atom. The summed E-state index contributed by atoms with van der Waals surface area (Å²) in [6.45, 7) is 0.355. The molecule has 6 nitrogen and oxygen atoms in total. The summed E-state index contributed by atoms with van der Waals surface area (Å²) in [6, 6.07) is 13.5. The number of nitrogens with zero attached hydrogens (tertiary/aromatic N) is 2. The van der Waals surface area contributed by atoms with Crippen LogP contribution >= 0.6 is 11.6 Å². The molecule has 0 aliphatic heterocycles. The number of halogens is 2. The molecule has 0 spiro atoms. The van der Waals surface area contributed by atoms with Crippen LogP contribution in [0.15, 0.2) is 54.9 Å². The number of aliphatic hydroxyl groups is 1. The standard InChI is InChI=1S/C22H20ClFN4O2/c23-18-10-17(6-7-20(18)30-12-14-3-1-4-15(24)9-14)28-22-21-19(25-13-26-22)11-16(27-21)5-2-8-29/h1,3-4,6-7,9-11,13,27,29H,2,5,8,12H2,(H,25,26,28). The highest BCUT2D eigenvalue weighted by molar-refractivity contribution is 6.32. The van der Waals surface area contributed by atoms with Crippen LogP contribution in [0, 0.1) is 5.82 Å². The minimum Gasteiger partial charge on any atom is -0.487 e. The second-order valence-electron chi connectivity index (χ2n) is 6.79. The molecule has 0 fully saturated rings. The normalized spacial score (nSPS) is 11.0. The van der Waals surface area contributed by atoms with Crippen molar-refractivity contribution in [2.24, 2.45) is 0 Å². The number of H-pyrrole nitrogens is 1. The van der Waals surface area contributed by atoms with E-state index in [0.29, 0.717) is 23.0 Å². The molecule has 2 aromatic heterocycles. The Morgan fingerprint density at radius 2 is 2.03 bits per heavy atom. The molecule has 8 heteroatoms. The van der Waals surface area contributed by atoms with Crippen LogP contribution in [0.5, 0.6) is 5.75 Å². The molecule has 154 valence electrons. The number of fused-ring (bicyclic) bond motifs is 1. The molecule has 0 saturated carbocycles. The quantitative estimate of drug-likeness (QED) is 0.369. The fourth-order valence-corrected chi connectivity index (χ4v) is 3.35. The first kappa shape index (κ1) is 20.1. The molecule has 3 N–H and O–H groups in total. The fraction of sp³-hybridized carbons (Fsp3) is 0.182. The molecule has 4 rings (SSSR count). The van der Waals surface area contributed by atoms with Gasteiger partial charge in [-0.2, -0.15) is 0 Å². The van der Waals surface area contributed by atoms with Crippen molar-refractivity contribution in [1.29, 1.82) is 0 Å². The van der Waals surface area contributed by atoms with Gasteiger partial charge in [0.05, 0.1) is 10.5 Å². The molecular formula is C22H20ClFN4O2. The number of nitrogens with one attached hydrogen (secondary N) is 2. The van der Waals surface area contributed by atoms with Crippen molar-refractivity contribution in [1.82, 2.24) is 15.0 Å². The monoisotopic (exact) mass is 426 g/mol. The Balaban J connectivity index is 1.48. The number of aromatic amines is 1. The third kappa shape index (κ3) is 4.69. The first-order chi connectivity index (χ1) is 14.6. The number of aromatic nitrogens is 3. The van der Waals surface area contributed by atoms with Gasteiger partial charge in [-0.15, -0.1) is 0 Å². The van der Waals surface area contributed by atoms with Crippen LogP contribution in [0.4, 0.5) is 15.9 Å². The molecule has 0 bridgehead atoms. The van der Waals surface area contributed by atoms with Gasteiger partial charge < -0.3 is 20.1 Å². The maximum atomic E-state index is 13.3. The Hall–Kier alpha value is -3.16. The SMILES string of the molecule is OCCCc1cc2ncnc(Nc3ccc(OCc4cccc(F)c4)c(Cl)c3)c2[nH]1. The smallest absolute Gasteiger partial charge is 0.158 e. The molecular weight excluding hydrogens is 407 g/mol. The van der Waals surface area contributed by atoms with Gasteiger partial charge in [-0.05, 0) is 54.8 Å². The topological polar surface area (TPSA) is 83.1 Å². The molecule has 0 amide bonds. The van der Waals surface area contributed by atoms with E-state index in [1.807, 2.05) is 12.1 Å². The van der Waals surface area contributed by atoms with Gasteiger partial charge in [-0.1, -0.05) is 23.7 Å². The minimum atomic E-state index is -0.304. The van der Waals surface area contributed by atoms with Crippen LogP contribution in [0.1, 0.15) is 17.7 Å². The van der Waals surface area contributed by atoms with Crippen molar-refractivity contribution >= 4 is 34.1 Å². The Morgan fingerprint density at radius 1 is 1.13 bits per heavy atom. The summed E-state index contributed by atoms with van der Waals surface area (Å²) in [5, 5.41) is 12.7. The second-order valence-corrected chi connectivity index (χ2v) is 7.20. The van der Waals surface area contributed by atoms with Crippen molar-refractivity contribution in [3.05, 3.63) is 77.0 Å². The molecule has 0 saturated heterocycles. The number of anilines is 2. The summed E-state index contributed by atoms with van der Waals surface area (Å²) in [5.41, 5.74) is 4.03. The van der Waals surface area contributed by atoms with Gasteiger partial charge in [0.1, 0.15) is 30.0 Å². The van der Waals surface area contributed by atoms with Crippen molar-refractivity contribution in [3.8, 4) is 5.75 Å². The summed E-state index contributed by atoms with van der Waals surface area (Å²) >= 11 is 6.37. The van der Waals surface area contributed by atoms with E-state index in [2.05, 4.69) is 20.3 Å². The molecule has 0 unspecified atom stereocenters. The lowest BCUT2D eigenvalue weighted by Crippen LogP contribution is -1.98. The second kappa shape index (κ2) is 9.11. The zero-order valence-corrected chi connectivity index (χ0v) is 16.8. The minimum absolute atomic E-state index is 0.137. The Bertz CT molecular complexity index is 1170. The third-order valence-electron chi connectivity index (χ3n) is 4.56. The van der Waals surface area contributed by atoms with Crippen molar-refractivity contribution < 1.29 is 14.2 Å². The average molecular weight is 427 g/mol. The molecule has 0 aliphatic rings. The van der Waals surface area contributed by atoms with E-state index in [1.165, 1.54) is 18.5 Å². The lowest BCUT2D eigenvalue weighted by Gasteiger charge is -2.11. The lowest BCUT2D eigenvalue weighted by molar-refractivity contribution is 0.288.